The lowest BCUT2D eigenvalue weighted by atomic mass is 10.0. The lowest BCUT2D eigenvalue weighted by Crippen LogP contribution is -2.30. The first-order valence-electron chi connectivity index (χ1n) is 12.4. The molecule has 2 fully saturated rings. The number of nitrogens with zero attached hydrogens (tertiary/aromatic N) is 1. The van der Waals surface area contributed by atoms with Crippen LogP contribution in [0.2, 0.25) is 0 Å². The normalized spacial score (nSPS) is 20.8. The van der Waals surface area contributed by atoms with Gasteiger partial charge < -0.3 is 14.6 Å². The monoisotopic (exact) mass is 525 g/mol. The van der Waals surface area contributed by atoms with Crippen LogP contribution in [-0.4, -0.2) is 53.9 Å². The zero-order chi connectivity index (χ0) is 26.8. The molecule has 0 aromatic heterocycles. The second kappa shape index (κ2) is 10.9. The molecule has 1 N–H and O–H groups in total. The van der Waals surface area contributed by atoms with E-state index < -0.39 is 29.8 Å². The fraction of sp³-hybridized carbons (Fsp3) is 0.310. The van der Waals surface area contributed by atoms with Crippen molar-refractivity contribution in [1.82, 2.24) is 4.90 Å². The maximum absolute atomic E-state index is 14.6. The minimum Gasteiger partial charge on any atom is -0.505 e. The molecule has 9 heteroatoms. The van der Waals surface area contributed by atoms with Gasteiger partial charge in [0.05, 0.1) is 12.6 Å². The Balaban J connectivity index is 1.10. The van der Waals surface area contributed by atoms with Crippen LogP contribution >= 0.6 is 0 Å². The second-order valence-corrected chi connectivity index (χ2v) is 9.83. The highest BCUT2D eigenvalue weighted by atomic mass is 19.1. The zero-order valence-electron chi connectivity index (χ0n) is 20.4. The topological polar surface area (TPSA) is 76.1 Å². The van der Waals surface area contributed by atoms with E-state index in [-0.39, 0.29) is 41.1 Å². The number of carbonyl (C=O) groups is 2. The van der Waals surface area contributed by atoms with Gasteiger partial charge in [-0.05, 0) is 85.3 Å². The lowest BCUT2D eigenvalue weighted by molar-refractivity contribution is 0.0912. The summed E-state index contributed by atoms with van der Waals surface area (Å²) in [6.45, 7) is 1.14. The number of hydrogen-bond donors (Lipinski definition) is 1. The SMILES string of the molecule is O=C(COc1ccc(C(=O)CN2C[C@H]3C[C@@H](Oc4ccc(F)cc4)C[C@H]3C2)cc1F)c1ccc(O)c(F)c1. The predicted molar refractivity (Wildman–Crippen MR) is 132 cm³/mol. The van der Waals surface area contributed by atoms with Crippen LogP contribution in [0.4, 0.5) is 13.2 Å². The summed E-state index contributed by atoms with van der Waals surface area (Å²) in [5, 5.41) is 9.23. The first-order chi connectivity index (χ1) is 18.2. The number of aromatic hydroxyl groups is 1. The summed E-state index contributed by atoms with van der Waals surface area (Å²) in [6, 6.07) is 13.0. The van der Waals surface area contributed by atoms with E-state index in [1.807, 2.05) is 0 Å². The van der Waals surface area contributed by atoms with Crippen molar-refractivity contribution in [2.75, 3.05) is 26.2 Å². The number of halogens is 3. The summed E-state index contributed by atoms with van der Waals surface area (Å²) in [7, 11) is 0. The van der Waals surface area contributed by atoms with Gasteiger partial charge in [-0.2, -0.15) is 0 Å². The highest BCUT2D eigenvalue weighted by Crippen LogP contribution is 2.39. The van der Waals surface area contributed by atoms with Crippen LogP contribution in [0.15, 0.2) is 60.7 Å². The summed E-state index contributed by atoms with van der Waals surface area (Å²) in [4.78, 5) is 27.1. The van der Waals surface area contributed by atoms with Crippen molar-refractivity contribution in [2.45, 2.75) is 18.9 Å². The Kier molecular flexibility index (Phi) is 7.37. The molecule has 0 unspecified atom stereocenters. The maximum Gasteiger partial charge on any atom is 0.200 e. The second-order valence-electron chi connectivity index (χ2n) is 9.83. The zero-order valence-corrected chi connectivity index (χ0v) is 20.4. The average molecular weight is 526 g/mol. The molecule has 1 aliphatic carbocycles. The van der Waals surface area contributed by atoms with Gasteiger partial charge >= 0.3 is 0 Å². The number of ether oxygens (including phenoxy) is 2. The number of fused-ring (bicyclic) bond motifs is 1. The molecule has 0 spiro atoms. The fourth-order valence-electron chi connectivity index (χ4n) is 5.27. The minimum atomic E-state index is -0.940. The molecule has 38 heavy (non-hydrogen) atoms. The van der Waals surface area contributed by atoms with Crippen LogP contribution in [0.5, 0.6) is 17.2 Å². The molecule has 0 bridgehead atoms. The third kappa shape index (κ3) is 5.83. The standard InChI is InChI=1S/C29H26F3NO5/c30-21-3-5-22(6-4-21)38-23-9-19-13-33(14-20(19)10-23)15-27(35)17-2-8-29(25(32)12-17)37-16-28(36)18-1-7-26(34)24(31)11-18/h1-8,11-12,19-20,23,34H,9-10,13-16H2/t19-,20+,23-. The first-order valence-corrected chi connectivity index (χ1v) is 12.4. The van der Waals surface area contributed by atoms with Gasteiger partial charge in [0.15, 0.2) is 41.3 Å². The summed E-state index contributed by atoms with van der Waals surface area (Å²) >= 11 is 0. The van der Waals surface area contributed by atoms with Crippen molar-refractivity contribution < 1.29 is 37.3 Å². The van der Waals surface area contributed by atoms with E-state index in [9.17, 15) is 27.9 Å². The summed E-state index contributed by atoms with van der Waals surface area (Å²) in [5.41, 5.74) is 0.188. The Bertz CT molecular complexity index is 1330. The Morgan fingerprint density at radius 2 is 1.47 bits per heavy atom. The quantitative estimate of drug-likeness (QED) is 0.395. The van der Waals surface area contributed by atoms with Crippen molar-refractivity contribution >= 4 is 11.6 Å². The van der Waals surface area contributed by atoms with Crippen molar-refractivity contribution in [3.8, 4) is 17.2 Å². The van der Waals surface area contributed by atoms with Crippen molar-refractivity contribution in [2.24, 2.45) is 11.8 Å². The van der Waals surface area contributed by atoms with Crippen LogP contribution in [-0.2, 0) is 0 Å². The Labute approximate surface area is 217 Å². The van der Waals surface area contributed by atoms with Gasteiger partial charge in [0, 0.05) is 24.2 Å². The number of rotatable bonds is 9. The number of phenols is 1. The molecule has 0 amide bonds. The van der Waals surface area contributed by atoms with Crippen LogP contribution < -0.4 is 9.47 Å². The molecule has 2 aliphatic rings. The molecule has 5 rings (SSSR count). The predicted octanol–water partition coefficient (Wildman–Crippen LogP) is 5.04. The summed E-state index contributed by atoms with van der Waals surface area (Å²) in [6.07, 6.45) is 1.79. The highest BCUT2D eigenvalue weighted by molar-refractivity contribution is 5.98. The lowest BCUT2D eigenvalue weighted by Gasteiger charge is -2.19. The van der Waals surface area contributed by atoms with Gasteiger partial charge in [-0.1, -0.05) is 0 Å². The molecule has 3 aromatic rings. The van der Waals surface area contributed by atoms with Crippen molar-refractivity contribution in [3.05, 3.63) is 89.2 Å². The summed E-state index contributed by atoms with van der Waals surface area (Å²) in [5.74, 6) is -2.15. The van der Waals surface area contributed by atoms with Gasteiger partial charge in [0.2, 0.25) is 0 Å². The van der Waals surface area contributed by atoms with Gasteiger partial charge in [0.25, 0.3) is 0 Å². The Morgan fingerprint density at radius 3 is 2.13 bits per heavy atom. The average Bonchev–Trinajstić information content (AvgIpc) is 3.44. The number of carbonyl (C=O) groups excluding carboxylic acids is 2. The molecular formula is C29H26F3NO5. The van der Waals surface area contributed by atoms with E-state index in [2.05, 4.69) is 4.90 Å². The highest BCUT2D eigenvalue weighted by Gasteiger charge is 2.42. The van der Waals surface area contributed by atoms with Crippen molar-refractivity contribution in [3.63, 3.8) is 0 Å². The third-order valence-corrected chi connectivity index (χ3v) is 7.15. The van der Waals surface area contributed by atoms with E-state index >= 15 is 0 Å². The van der Waals surface area contributed by atoms with Crippen LogP contribution in [0.25, 0.3) is 0 Å². The minimum absolute atomic E-state index is 0.0174. The molecule has 1 saturated heterocycles. The van der Waals surface area contributed by atoms with Gasteiger partial charge in [-0.25, -0.2) is 13.2 Å². The van der Waals surface area contributed by atoms with E-state index in [0.717, 1.165) is 44.1 Å². The fourth-order valence-corrected chi connectivity index (χ4v) is 5.27. The molecule has 1 heterocycles. The Hall–Kier alpha value is -3.85. The molecule has 3 atom stereocenters. The van der Waals surface area contributed by atoms with Gasteiger partial charge in [0.1, 0.15) is 11.6 Å². The largest absolute Gasteiger partial charge is 0.505 e. The Morgan fingerprint density at radius 1 is 0.842 bits per heavy atom. The molecule has 1 aliphatic heterocycles. The van der Waals surface area contributed by atoms with E-state index in [1.54, 1.807) is 12.1 Å². The third-order valence-electron chi connectivity index (χ3n) is 7.15. The van der Waals surface area contributed by atoms with Crippen LogP contribution in [0.3, 0.4) is 0 Å². The number of Topliss-reactive ketones (excluding diaryl/α,β-unsaturated/α-hetero) is 2. The molecular weight excluding hydrogens is 499 g/mol. The number of benzene rings is 3. The molecule has 1 saturated carbocycles. The van der Waals surface area contributed by atoms with Gasteiger partial charge in [-0.15, -0.1) is 0 Å². The van der Waals surface area contributed by atoms with Crippen molar-refractivity contribution in [1.29, 1.82) is 0 Å². The van der Waals surface area contributed by atoms with E-state index in [4.69, 9.17) is 9.47 Å². The number of ketones is 2. The molecule has 3 aromatic carbocycles. The van der Waals surface area contributed by atoms with Crippen LogP contribution in [0.1, 0.15) is 33.6 Å². The summed E-state index contributed by atoms with van der Waals surface area (Å²) < 4.78 is 52.4. The van der Waals surface area contributed by atoms with E-state index in [0.29, 0.717) is 17.6 Å². The number of likely N-dealkylation sites (tertiary alicyclic amines) is 1. The van der Waals surface area contributed by atoms with Gasteiger partial charge in [-0.3, -0.25) is 14.5 Å². The molecule has 198 valence electrons. The first kappa shape index (κ1) is 25.8. The number of phenolic OH excluding ortho intramolecular Hbond substituents is 1. The van der Waals surface area contributed by atoms with Crippen LogP contribution in [0, 0.1) is 29.3 Å². The maximum atomic E-state index is 14.6. The smallest absolute Gasteiger partial charge is 0.200 e. The molecule has 6 nitrogen and oxygen atoms in total. The number of hydrogen-bond acceptors (Lipinski definition) is 6. The van der Waals surface area contributed by atoms with E-state index in [1.165, 1.54) is 30.3 Å². The molecule has 0 radical (unpaired) electrons.